The topological polar surface area (TPSA) is 43.1 Å². The van der Waals surface area contributed by atoms with Crippen LogP contribution in [0.25, 0.3) is 106 Å². The summed E-state index contributed by atoms with van der Waals surface area (Å²) < 4.78 is 2.15. The highest BCUT2D eigenvalue weighted by Crippen LogP contribution is 2.43. The van der Waals surface area contributed by atoms with Gasteiger partial charge in [-0.3, -0.25) is 0 Å². The Labute approximate surface area is 354 Å². The second kappa shape index (κ2) is 15.5. The van der Waals surface area contributed by atoms with Gasteiger partial charge in [-0.05, 0) is 63.0 Å². The molecule has 3 aromatic heterocycles. The Morgan fingerprint density at radius 2 is 0.754 bits per heavy atom. The van der Waals surface area contributed by atoms with Crippen molar-refractivity contribution < 1.29 is 0 Å². The summed E-state index contributed by atoms with van der Waals surface area (Å²) in [5.74, 6) is 0.676. The molecule has 11 aromatic rings. The predicted molar refractivity (Wildman–Crippen MR) is 252 cm³/mol. The van der Waals surface area contributed by atoms with Gasteiger partial charge in [-0.25, -0.2) is 14.5 Å². The highest BCUT2D eigenvalue weighted by Gasteiger charge is 2.22. The van der Waals surface area contributed by atoms with Crippen molar-refractivity contribution >= 4 is 16.3 Å². The van der Waals surface area contributed by atoms with Gasteiger partial charge < -0.3 is 0 Å². The molecular weight excluding hydrogens is 741 g/mol. The number of aromatic nitrogens is 4. The lowest BCUT2D eigenvalue weighted by molar-refractivity contribution is 0.976. The molecule has 286 valence electrons. The molecule has 0 bridgehead atoms. The van der Waals surface area contributed by atoms with E-state index in [2.05, 4.69) is 217 Å². The predicted octanol–water partition coefficient (Wildman–Crippen LogP) is 14.6. The zero-order valence-corrected chi connectivity index (χ0v) is 33.2. The van der Waals surface area contributed by atoms with Crippen molar-refractivity contribution in [3.8, 4) is 89.7 Å². The van der Waals surface area contributed by atoms with Gasteiger partial charge in [-0.15, -0.1) is 0 Å². The summed E-state index contributed by atoms with van der Waals surface area (Å²) >= 11 is 0. The minimum absolute atomic E-state index is 0.676. The summed E-state index contributed by atoms with van der Waals surface area (Å²) in [4.78, 5) is 10.4. The molecule has 0 aliphatic heterocycles. The molecule has 0 amide bonds. The first-order valence-electron chi connectivity index (χ1n) is 20.6. The lowest BCUT2D eigenvalue weighted by atomic mass is 9.90. The van der Waals surface area contributed by atoms with Gasteiger partial charge in [0.1, 0.15) is 0 Å². The first-order chi connectivity index (χ1) is 30.2. The smallest absolute Gasteiger partial charge is 0.160 e. The summed E-state index contributed by atoms with van der Waals surface area (Å²) in [6, 6.07) is 78.9. The molecule has 4 nitrogen and oxygen atoms in total. The van der Waals surface area contributed by atoms with Crippen LogP contribution in [0.3, 0.4) is 0 Å². The van der Waals surface area contributed by atoms with Crippen molar-refractivity contribution in [2.24, 2.45) is 0 Å². The molecule has 0 aliphatic rings. The Kier molecular flexibility index (Phi) is 9.14. The Morgan fingerprint density at radius 3 is 1.41 bits per heavy atom. The van der Waals surface area contributed by atoms with Crippen LogP contribution in [-0.4, -0.2) is 19.6 Å². The van der Waals surface area contributed by atoms with E-state index < -0.39 is 0 Å². The van der Waals surface area contributed by atoms with Crippen LogP contribution >= 0.6 is 0 Å². The van der Waals surface area contributed by atoms with E-state index >= 15 is 0 Å². The summed E-state index contributed by atoms with van der Waals surface area (Å²) in [5.41, 5.74) is 17.0. The average molecular weight is 779 g/mol. The van der Waals surface area contributed by atoms with Crippen molar-refractivity contribution in [2.45, 2.75) is 0 Å². The lowest BCUT2D eigenvalue weighted by Crippen LogP contribution is -2.00. The first kappa shape index (κ1) is 35.9. The molecule has 0 spiro atoms. The lowest BCUT2D eigenvalue weighted by Gasteiger charge is -2.18. The Bertz CT molecular complexity index is 3340. The van der Waals surface area contributed by atoms with Crippen molar-refractivity contribution in [1.29, 1.82) is 0 Å². The van der Waals surface area contributed by atoms with Crippen molar-refractivity contribution in [2.75, 3.05) is 0 Å². The highest BCUT2D eigenvalue weighted by atomic mass is 15.2. The zero-order chi connectivity index (χ0) is 40.5. The SMILES string of the molecule is c1ccc(-c2cccc(-c3cc(-c4ccccc4)nc(-c4cccc(-c5cccc(-c6c(-c7ccccc7)n7ncc(-c8ccccc8)c7c7ccccc67)c5)c4)n3)c2)cc1. The number of nitrogens with zero attached hydrogens (tertiary/aromatic N) is 4. The number of pyridine rings is 1. The highest BCUT2D eigenvalue weighted by molar-refractivity contribution is 6.13. The van der Waals surface area contributed by atoms with E-state index in [1.54, 1.807) is 0 Å². The molecule has 0 aliphatic carbocycles. The van der Waals surface area contributed by atoms with Crippen LogP contribution in [0.15, 0.2) is 231 Å². The van der Waals surface area contributed by atoms with Gasteiger partial charge in [-0.1, -0.05) is 200 Å². The van der Waals surface area contributed by atoms with Crippen LogP contribution in [0.2, 0.25) is 0 Å². The van der Waals surface area contributed by atoms with E-state index in [0.29, 0.717) is 5.82 Å². The van der Waals surface area contributed by atoms with Crippen molar-refractivity contribution in [3.63, 3.8) is 0 Å². The molecule has 0 fully saturated rings. The number of hydrogen-bond acceptors (Lipinski definition) is 3. The van der Waals surface area contributed by atoms with Crippen LogP contribution in [0.1, 0.15) is 0 Å². The molecule has 0 radical (unpaired) electrons. The normalized spacial score (nSPS) is 11.3. The summed E-state index contributed by atoms with van der Waals surface area (Å²) in [6.45, 7) is 0. The van der Waals surface area contributed by atoms with Crippen LogP contribution in [0.5, 0.6) is 0 Å². The minimum Gasteiger partial charge on any atom is -0.231 e. The zero-order valence-electron chi connectivity index (χ0n) is 33.2. The Morgan fingerprint density at radius 1 is 0.311 bits per heavy atom. The molecule has 0 atom stereocenters. The minimum atomic E-state index is 0.676. The van der Waals surface area contributed by atoms with Crippen LogP contribution in [-0.2, 0) is 0 Å². The average Bonchev–Trinajstić information content (AvgIpc) is 3.80. The standard InChI is InChI=1S/C57H38N4/c1-5-18-39(19-6-1)43-26-15-29-46(34-43)53-37-52(41-22-9-3-10-23-41)59-57(60-53)48-31-17-28-45(36-48)44-27-16-30-47(35-44)54-49-32-13-14-33-50(49)56-51(40-20-7-2-8-21-40)38-58-61(56)55(54)42-24-11-4-12-25-42/h1-38H. The van der Waals surface area contributed by atoms with Gasteiger partial charge in [0.2, 0.25) is 0 Å². The number of benzene rings is 8. The number of rotatable bonds is 8. The fraction of sp³-hybridized carbons (Fsp3) is 0. The molecule has 8 aromatic carbocycles. The molecule has 0 saturated carbocycles. The second-order valence-corrected chi connectivity index (χ2v) is 15.3. The van der Waals surface area contributed by atoms with E-state index in [-0.39, 0.29) is 0 Å². The summed E-state index contributed by atoms with van der Waals surface area (Å²) in [6.07, 6.45) is 2.01. The molecular formula is C57H38N4. The van der Waals surface area contributed by atoms with Crippen LogP contribution in [0, 0.1) is 0 Å². The first-order valence-corrected chi connectivity index (χ1v) is 20.6. The third-order valence-corrected chi connectivity index (χ3v) is 11.5. The molecule has 3 heterocycles. The molecule has 0 saturated heterocycles. The molecule has 4 heteroatoms. The van der Waals surface area contributed by atoms with E-state index in [1.165, 1.54) is 10.9 Å². The van der Waals surface area contributed by atoms with Crippen molar-refractivity contribution in [3.05, 3.63) is 231 Å². The maximum atomic E-state index is 5.25. The third kappa shape index (κ3) is 6.76. The van der Waals surface area contributed by atoms with Crippen LogP contribution in [0.4, 0.5) is 0 Å². The fourth-order valence-corrected chi connectivity index (χ4v) is 8.56. The number of fused-ring (bicyclic) bond motifs is 3. The van der Waals surface area contributed by atoms with Gasteiger partial charge in [0, 0.05) is 38.8 Å². The summed E-state index contributed by atoms with van der Waals surface area (Å²) in [5, 5.41) is 7.44. The molecule has 0 N–H and O–H groups in total. The third-order valence-electron chi connectivity index (χ3n) is 11.5. The van der Waals surface area contributed by atoms with E-state index in [4.69, 9.17) is 15.1 Å². The van der Waals surface area contributed by atoms with Gasteiger partial charge >= 0.3 is 0 Å². The van der Waals surface area contributed by atoms with Gasteiger partial charge in [0.25, 0.3) is 0 Å². The Hall–Kier alpha value is -8.21. The second-order valence-electron chi connectivity index (χ2n) is 15.3. The van der Waals surface area contributed by atoms with Gasteiger partial charge in [0.15, 0.2) is 5.82 Å². The maximum absolute atomic E-state index is 5.25. The molecule has 11 rings (SSSR count). The maximum Gasteiger partial charge on any atom is 0.160 e. The molecule has 0 unspecified atom stereocenters. The number of hydrogen-bond donors (Lipinski definition) is 0. The largest absolute Gasteiger partial charge is 0.231 e. The van der Waals surface area contributed by atoms with Gasteiger partial charge in [0.05, 0.1) is 28.8 Å². The van der Waals surface area contributed by atoms with Crippen LogP contribution < -0.4 is 0 Å². The quantitative estimate of drug-likeness (QED) is 0.154. The van der Waals surface area contributed by atoms with Gasteiger partial charge in [-0.2, -0.15) is 5.10 Å². The van der Waals surface area contributed by atoms with E-state index in [0.717, 1.165) is 89.2 Å². The molecule has 61 heavy (non-hydrogen) atoms. The summed E-state index contributed by atoms with van der Waals surface area (Å²) in [7, 11) is 0. The Balaban J connectivity index is 1.06. The van der Waals surface area contributed by atoms with Crippen molar-refractivity contribution in [1.82, 2.24) is 19.6 Å². The monoisotopic (exact) mass is 778 g/mol. The van der Waals surface area contributed by atoms with E-state index in [1.807, 2.05) is 18.3 Å². The fourth-order valence-electron chi connectivity index (χ4n) is 8.56. The van der Waals surface area contributed by atoms with E-state index in [9.17, 15) is 0 Å².